The van der Waals surface area contributed by atoms with Crippen molar-refractivity contribution in [3.8, 4) is 0 Å². The maximum absolute atomic E-state index is 13.2. The molecule has 0 saturated carbocycles. The molecule has 2 fully saturated rings. The predicted octanol–water partition coefficient (Wildman–Crippen LogP) is 1.31. The summed E-state index contributed by atoms with van der Waals surface area (Å²) in [5.74, 6) is 0.665. The Balaban J connectivity index is 1.80. The third-order valence-corrected chi connectivity index (χ3v) is 7.02. The molecule has 2 aliphatic rings. The van der Waals surface area contributed by atoms with E-state index in [-0.39, 0.29) is 11.1 Å². The van der Waals surface area contributed by atoms with Crippen LogP contribution in [-0.2, 0) is 17.1 Å². The van der Waals surface area contributed by atoms with Crippen molar-refractivity contribution in [1.29, 1.82) is 0 Å². The second-order valence-electron chi connectivity index (χ2n) is 6.84. The molecule has 24 heavy (non-hydrogen) atoms. The second kappa shape index (κ2) is 5.68. The van der Waals surface area contributed by atoms with Crippen LogP contribution in [0.25, 0.3) is 0 Å². The molecular weight excluding hydrogens is 324 g/mol. The number of benzene rings is 1. The first kappa shape index (κ1) is 15.8. The van der Waals surface area contributed by atoms with Crippen LogP contribution in [0.2, 0.25) is 0 Å². The number of nitrogens with one attached hydrogen (secondary N) is 1. The molecule has 2 aromatic rings. The Morgan fingerprint density at radius 1 is 1.25 bits per heavy atom. The fraction of sp³-hybridized carbons (Fsp3) is 0.471. The fourth-order valence-corrected chi connectivity index (χ4v) is 5.75. The largest absolute Gasteiger partial charge is 0.339 e. The molecule has 128 valence electrons. The lowest BCUT2D eigenvalue weighted by Crippen LogP contribution is -2.35. The summed E-state index contributed by atoms with van der Waals surface area (Å²) in [4.78, 5) is 4.09. The molecule has 0 bridgehead atoms. The molecule has 0 spiro atoms. The van der Waals surface area contributed by atoms with Crippen molar-refractivity contribution in [2.75, 3.05) is 19.6 Å². The molecule has 1 aromatic carbocycles. The lowest BCUT2D eigenvalue weighted by molar-refractivity contribution is 0.343. The Bertz CT molecular complexity index is 861. The molecule has 0 aliphatic carbocycles. The standard InChI is InChI=1S/C17H22N4O2S/c1-12-5-3-4-6-14(12)17-15-8-18-7-13(15)9-21(17)24(22,23)16-10-20(2)11-19-16/h3-6,10-11,13,15,17-18H,7-9H2,1-2H3/t13-,15-,17+/m0/s1. The normalized spacial score (nSPS) is 27.5. The van der Waals surface area contributed by atoms with Gasteiger partial charge in [-0.05, 0) is 36.4 Å². The molecule has 1 N–H and O–H groups in total. The van der Waals surface area contributed by atoms with Crippen LogP contribution in [0.4, 0.5) is 0 Å². The van der Waals surface area contributed by atoms with E-state index in [0.717, 1.165) is 24.2 Å². The fourth-order valence-electron chi connectivity index (χ4n) is 4.08. The molecule has 2 aliphatic heterocycles. The zero-order chi connectivity index (χ0) is 16.9. The molecule has 6 nitrogen and oxygen atoms in total. The minimum absolute atomic E-state index is 0.127. The van der Waals surface area contributed by atoms with Gasteiger partial charge in [-0.25, -0.2) is 13.4 Å². The molecule has 0 radical (unpaired) electrons. The third-order valence-electron chi connectivity index (χ3n) is 5.28. The van der Waals surface area contributed by atoms with Crippen molar-refractivity contribution in [2.45, 2.75) is 18.0 Å². The smallest absolute Gasteiger partial charge is 0.262 e. The Labute approximate surface area is 142 Å². The first-order valence-corrected chi connectivity index (χ1v) is 9.68. The zero-order valence-electron chi connectivity index (χ0n) is 13.9. The quantitative estimate of drug-likeness (QED) is 0.910. The van der Waals surface area contributed by atoms with Crippen LogP contribution >= 0.6 is 0 Å². The van der Waals surface area contributed by atoms with E-state index in [0.29, 0.717) is 18.4 Å². The Morgan fingerprint density at radius 2 is 2.04 bits per heavy atom. The number of aromatic nitrogens is 2. The Morgan fingerprint density at radius 3 is 2.75 bits per heavy atom. The summed E-state index contributed by atoms with van der Waals surface area (Å²) < 4.78 is 29.8. The van der Waals surface area contributed by atoms with Crippen LogP contribution in [0.5, 0.6) is 0 Å². The van der Waals surface area contributed by atoms with E-state index in [9.17, 15) is 8.42 Å². The van der Waals surface area contributed by atoms with Gasteiger partial charge in [0.1, 0.15) is 0 Å². The van der Waals surface area contributed by atoms with Crippen molar-refractivity contribution in [2.24, 2.45) is 18.9 Å². The van der Waals surface area contributed by atoms with E-state index < -0.39 is 10.0 Å². The topological polar surface area (TPSA) is 67.2 Å². The first-order valence-electron chi connectivity index (χ1n) is 8.24. The molecule has 3 atom stereocenters. The molecule has 0 unspecified atom stereocenters. The maximum Gasteiger partial charge on any atom is 0.262 e. The molecule has 4 rings (SSSR count). The number of nitrogens with zero attached hydrogens (tertiary/aromatic N) is 3. The number of sulfonamides is 1. The van der Waals surface area contributed by atoms with Crippen LogP contribution in [0.3, 0.4) is 0 Å². The summed E-state index contributed by atoms with van der Waals surface area (Å²) in [5, 5.41) is 3.55. The summed E-state index contributed by atoms with van der Waals surface area (Å²) in [7, 11) is -1.82. The zero-order valence-corrected chi connectivity index (χ0v) is 14.7. The van der Waals surface area contributed by atoms with Gasteiger partial charge in [-0.15, -0.1) is 0 Å². The molecule has 2 saturated heterocycles. The average Bonchev–Trinajstić information content (AvgIpc) is 3.23. The van der Waals surface area contributed by atoms with Crippen LogP contribution in [0, 0.1) is 18.8 Å². The van der Waals surface area contributed by atoms with E-state index >= 15 is 0 Å². The van der Waals surface area contributed by atoms with Gasteiger partial charge < -0.3 is 9.88 Å². The predicted molar refractivity (Wildman–Crippen MR) is 90.9 cm³/mol. The van der Waals surface area contributed by atoms with Gasteiger partial charge in [0.2, 0.25) is 0 Å². The molecular formula is C17H22N4O2S. The first-order chi connectivity index (χ1) is 11.5. The molecule has 7 heteroatoms. The van der Waals surface area contributed by atoms with Crippen molar-refractivity contribution >= 4 is 10.0 Å². The maximum atomic E-state index is 13.2. The van der Waals surface area contributed by atoms with Crippen LogP contribution in [0.1, 0.15) is 17.2 Å². The van der Waals surface area contributed by atoms with Crippen LogP contribution in [-0.4, -0.2) is 41.9 Å². The van der Waals surface area contributed by atoms with Gasteiger partial charge in [0.25, 0.3) is 10.0 Å². The van der Waals surface area contributed by atoms with Gasteiger partial charge in [0.05, 0.1) is 12.4 Å². The third kappa shape index (κ3) is 2.39. The summed E-state index contributed by atoms with van der Waals surface area (Å²) in [5.41, 5.74) is 2.24. The summed E-state index contributed by atoms with van der Waals surface area (Å²) in [6.07, 6.45) is 3.12. The Hall–Kier alpha value is -1.70. The average molecular weight is 346 g/mol. The minimum Gasteiger partial charge on any atom is -0.339 e. The Kier molecular flexibility index (Phi) is 3.74. The summed E-state index contributed by atoms with van der Waals surface area (Å²) in [6.45, 7) is 4.34. The SMILES string of the molecule is Cc1ccccc1[C@@H]1[C@H]2CNC[C@H]2CN1S(=O)(=O)c1cn(C)cn1. The lowest BCUT2D eigenvalue weighted by atomic mass is 9.88. The number of imidazole rings is 1. The second-order valence-corrected chi connectivity index (χ2v) is 8.67. The number of fused-ring (bicyclic) bond motifs is 1. The van der Waals surface area contributed by atoms with E-state index in [1.54, 1.807) is 22.1 Å². The lowest BCUT2D eigenvalue weighted by Gasteiger charge is -2.28. The van der Waals surface area contributed by atoms with E-state index in [1.165, 1.54) is 6.33 Å². The molecule has 0 amide bonds. The van der Waals surface area contributed by atoms with Crippen molar-refractivity contribution < 1.29 is 8.42 Å². The highest BCUT2D eigenvalue weighted by atomic mass is 32.2. The number of hydrogen-bond acceptors (Lipinski definition) is 4. The van der Waals surface area contributed by atoms with Crippen LogP contribution in [0.15, 0.2) is 41.8 Å². The van der Waals surface area contributed by atoms with Gasteiger partial charge >= 0.3 is 0 Å². The highest BCUT2D eigenvalue weighted by Crippen LogP contribution is 2.45. The van der Waals surface area contributed by atoms with Crippen molar-refractivity contribution in [3.05, 3.63) is 47.9 Å². The van der Waals surface area contributed by atoms with Crippen molar-refractivity contribution in [1.82, 2.24) is 19.2 Å². The van der Waals surface area contributed by atoms with E-state index in [1.807, 2.05) is 12.1 Å². The number of aryl methyl sites for hydroxylation is 2. The van der Waals surface area contributed by atoms with Gasteiger partial charge in [-0.3, -0.25) is 0 Å². The molecule has 3 heterocycles. The highest BCUT2D eigenvalue weighted by Gasteiger charge is 2.50. The van der Waals surface area contributed by atoms with Crippen LogP contribution < -0.4 is 5.32 Å². The van der Waals surface area contributed by atoms with Gasteiger partial charge in [0, 0.05) is 26.3 Å². The van der Waals surface area contributed by atoms with Crippen molar-refractivity contribution in [3.63, 3.8) is 0 Å². The highest BCUT2D eigenvalue weighted by molar-refractivity contribution is 7.89. The summed E-state index contributed by atoms with van der Waals surface area (Å²) >= 11 is 0. The monoisotopic (exact) mass is 346 g/mol. The van der Waals surface area contributed by atoms with Gasteiger partial charge in [0.15, 0.2) is 5.03 Å². The van der Waals surface area contributed by atoms with Gasteiger partial charge in [-0.2, -0.15) is 4.31 Å². The summed E-state index contributed by atoms with van der Waals surface area (Å²) in [6, 6.07) is 7.97. The van der Waals surface area contributed by atoms with E-state index in [2.05, 4.69) is 29.4 Å². The van der Waals surface area contributed by atoms with E-state index in [4.69, 9.17) is 0 Å². The number of rotatable bonds is 3. The molecule has 1 aromatic heterocycles. The minimum atomic E-state index is -3.60. The number of hydrogen-bond donors (Lipinski definition) is 1. The van der Waals surface area contributed by atoms with Gasteiger partial charge in [-0.1, -0.05) is 24.3 Å².